The highest BCUT2D eigenvalue weighted by atomic mass is 35.5. The maximum atomic E-state index is 14.1. The fourth-order valence-electron chi connectivity index (χ4n) is 5.39. The summed E-state index contributed by atoms with van der Waals surface area (Å²) in [4.78, 5) is 44.1. The van der Waals surface area contributed by atoms with Gasteiger partial charge in [-0.25, -0.2) is 4.79 Å². The van der Waals surface area contributed by atoms with Crippen LogP contribution in [0.1, 0.15) is 24.8 Å². The molecule has 1 amide bonds. The normalized spacial score (nSPS) is 21.9. The van der Waals surface area contributed by atoms with Crippen LogP contribution in [0.4, 0.5) is 11.4 Å². The monoisotopic (exact) mass is 497 g/mol. The minimum atomic E-state index is -1.70. The molecule has 2 aromatic carbocycles. The maximum absolute atomic E-state index is 14.1. The third kappa shape index (κ3) is 2.80. The number of ketones is 1. The van der Waals surface area contributed by atoms with Crippen molar-refractivity contribution in [1.82, 2.24) is 0 Å². The molecule has 0 saturated heterocycles. The summed E-state index contributed by atoms with van der Waals surface area (Å²) >= 11 is 12.6. The summed E-state index contributed by atoms with van der Waals surface area (Å²) in [5.41, 5.74) is 7.26. The second-order valence-corrected chi connectivity index (χ2v) is 9.26. The van der Waals surface area contributed by atoms with Crippen molar-refractivity contribution in [3.63, 3.8) is 0 Å². The summed E-state index contributed by atoms with van der Waals surface area (Å²) in [6.07, 6.45) is 1.29. The molecule has 174 valence electrons. The Kier molecular flexibility index (Phi) is 5.22. The van der Waals surface area contributed by atoms with Crippen LogP contribution in [-0.4, -0.2) is 31.8 Å². The number of carbonyl (C=O) groups excluding carboxylic acids is 3. The minimum Gasteiger partial charge on any atom is -0.466 e. The molecular formula is C25H21Cl2N3O4. The molecule has 7 nitrogen and oxygen atoms in total. The number of amides is 1. The van der Waals surface area contributed by atoms with Gasteiger partial charge in [-0.05, 0) is 37.1 Å². The lowest BCUT2D eigenvalue weighted by molar-refractivity contribution is -0.138. The van der Waals surface area contributed by atoms with Crippen LogP contribution in [0.2, 0.25) is 10.0 Å². The number of para-hydroxylation sites is 1. The van der Waals surface area contributed by atoms with Crippen LogP contribution in [0.15, 0.2) is 65.1 Å². The van der Waals surface area contributed by atoms with E-state index in [2.05, 4.69) is 0 Å². The number of anilines is 2. The number of carbonyl (C=O) groups is 3. The number of Topliss-reactive ketones (excluding diaryl/α,β-unsaturated/α-hetero) is 1. The van der Waals surface area contributed by atoms with Gasteiger partial charge >= 0.3 is 5.97 Å². The van der Waals surface area contributed by atoms with Gasteiger partial charge in [0.05, 0.1) is 17.8 Å². The van der Waals surface area contributed by atoms with Gasteiger partial charge in [0.2, 0.25) is 5.91 Å². The van der Waals surface area contributed by atoms with Gasteiger partial charge in [0.25, 0.3) is 0 Å². The molecular weight excluding hydrogens is 477 g/mol. The molecule has 5 rings (SSSR count). The Balaban J connectivity index is 1.93. The molecule has 0 fully saturated rings. The first kappa shape index (κ1) is 22.5. The van der Waals surface area contributed by atoms with E-state index in [9.17, 15) is 14.4 Å². The maximum Gasteiger partial charge on any atom is 0.339 e. The Labute approximate surface area is 206 Å². The lowest BCUT2D eigenvalue weighted by Crippen LogP contribution is -2.54. The predicted molar refractivity (Wildman–Crippen MR) is 130 cm³/mol. The molecule has 34 heavy (non-hydrogen) atoms. The van der Waals surface area contributed by atoms with Gasteiger partial charge in [0.15, 0.2) is 5.78 Å². The highest BCUT2D eigenvalue weighted by Crippen LogP contribution is 2.57. The van der Waals surface area contributed by atoms with Gasteiger partial charge in [0, 0.05) is 41.0 Å². The molecule has 3 aliphatic rings. The van der Waals surface area contributed by atoms with Crippen molar-refractivity contribution in [1.29, 1.82) is 0 Å². The van der Waals surface area contributed by atoms with E-state index in [0.29, 0.717) is 40.5 Å². The fraction of sp³-hybridized carbons (Fsp3) is 0.240. The first-order valence-electron chi connectivity index (χ1n) is 10.7. The SMILES string of the molecule is COC(=O)C1=C(N)N(c2ccc(Cl)cc2Cl)C2=C(C(=O)CCC2)C12C(=O)N(C)c1ccccc12. The number of allylic oxidation sites excluding steroid dienone is 1. The molecule has 2 aromatic rings. The van der Waals surface area contributed by atoms with Crippen LogP contribution < -0.4 is 15.5 Å². The zero-order valence-electron chi connectivity index (χ0n) is 18.5. The number of likely N-dealkylation sites (N-methyl/N-ethyl adjacent to an activating group) is 1. The van der Waals surface area contributed by atoms with Gasteiger partial charge in [-0.15, -0.1) is 0 Å². The second-order valence-electron chi connectivity index (χ2n) is 8.41. The molecule has 1 atom stereocenters. The number of nitrogens with two attached hydrogens (primary N) is 1. The topological polar surface area (TPSA) is 92.9 Å². The molecule has 9 heteroatoms. The summed E-state index contributed by atoms with van der Waals surface area (Å²) in [6, 6.07) is 12.0. The number of methoxy groups -OCH3 is 1. The Morgan fingerprint density at radius 1 is 1.09 bits per heavy atom. The molecule has 2 heterocycles. The van der Waals surface area contributed by atoms with Crippen LogP contribution in [0.5, 0.6) is 0 Å². The Morgan fingerprint density at radius 3 is 2.53 bits per heavy atom. The Morgan fingerprint density at radius 2 is 1.82 bits per heavy atom. The molecule has 1 aliphatic carbocycles. The Hall–Kier alpha value is -3.29. The van der Waals surface area contributed by atoms with Crippen molar-refractivity contribution >= 4 is 52.2 Å². The first-order chi connectivity index (χ1) is 16.2. The van der Waals surface area contributed by atoms with Crippen LogP contribution in [-0.2, 0) is 24.5 Å². The third-order valence-corrected chi connectivity index (χ3v) is 7.27. The number of fused-ring (bicyclic) bond motifs is 3. The van der Waals surface area contributed by atoms with Crippen LogP contribution in [0, 0.1) is 0 Å². The number of hydrogen-bond donors (Lipinski definition) is 1. The number of halogens is 2. The number of esters is 1. The molecule has 0 aromatic heterocycles. The van der Waals surface area contributed by atoms with Crippen molar-refractivity contribution in [3.05, 3.63) is 80.7 Å². The van der Waals surface area contributed by atoms with E-state index in [1.807, 2.05) is 0 Å². The van der Waals surface area contributed by atoms with E-state index in [-0.39, 0.29) is 34.2 Å². The van der Waals surface area contributed by atoms with E-state index in [1.165, 1.54) is 12.0 Å². The summed E-state index contributed by atoms with van der Waals surface area (Å²) < 4.78 is 5.13. The van der Waals surface area contributed by atoms with Crippen molar-refractivity contribution < 1.29 is 19.1 Å². The van der Waals surface area contributed by atoms with E-state index < -0.39 is 17.3 Å². The Bertz CT molecular complexity index is 1350. The van der Waals surface area contributed by atoms with Crippen molar-refractivity contribution in [3.8, 4) is 0 Å². The predicted octanol–water partition coefficient (Wildman–Crippen LogP) is 4.08. The highest BCUT2D eigenvalue weighted by Gasteiger charge is 2.63. The van der Waals surface area contributed by atoms with Gasteiger partial charge in [-0.3, -0.25) is 14.5 Å². The summed E-state index contributed by atoms with van der Waals surface area (Å²) in [7, 11) is 2.84. The average molecular weight is 498 g/mol. The molecule has 2 N–H and O–H groups in total. The quantitative estimate of drug-likeness (QED) is 0.628. The zero-order chi connectivity index (χ0) is 24.4. The molecule has 0 radical (unpaired) electrons. The van der Waals surface area contributed by atoms with Crippen LogP contribution >= 0.6 is 23.2 Å². The number of nitrogens with zero attached hydrogens (tertiary/aromatic N) is 2. The number of ether oxygens (including phenoxy) is 1. The summed E-state index contributed by atoms with van der Waals surface area (Å²) in [5, 5.41) is 0.712. The number of rotatable bonds is 2. The number of hydrogen-bond acceptors (Lipinski definition) is 6. The minimum absolute atomic E-state index is 0.0111. The largest absolute Gasteiger partial charge is 0.466 e. The molecule has 1 unspecified atom stereocenters. The van der Waals surface area contributed by atoms with Crippen LogP contribution in [0.3, 0.4) is 0 Å². The summed E-state index contributed by atoms with van der Waals surface area (Å²) in [6.45, 7) is 0. The molecule has 2 aliphatic heterocycles. The lowest BCUT2D eigenvalue weighted by atomic mass is 9.63. The van der Waals surface area contributed by atoms with E-state index in [0.717, 1.165) is 0 Å². The average Bonchev–Trinajstić information content (AvgIpc) is 3.03. The smallest absolute Gasteiger partial charge is 0.339 e. The molecule has 0 bridgehead atoms. The standard InChI is InChI=1S/C25H21Cl2N3O4/c1-29-16-7-4-3-6-14(16)25(24(29)33)20-18(8-5-9-19(20)31)30(22(28)21(25)23(32)34-2)17-11-10-13(26)12-15(17)27/h3-4,6-7,10-12H,5,8-9,28H2,1-2H3. The van der Waals surface area contributed by atoms with Gasteiger partial charge < -0.3 is 15.4 Å². The van der Waals surface area contributed by atoms with Crippen molar-refractivity contribution in [2.75, 3.05) is 24.0 Å². The van der Waals surface area contributed by atoms with Crippen molar-refractivity contribution in [2.24, 2.45) is 5.73 Å². The molecule has 0 saturated carbocycles. The fourth-order valence-corrected chi connectivity index (χ4v) is 5.88. The number of benzene rings is 2. The van der Waals surface area contributed by atoms with Crippen molar-refractivity contribution in [2.45, 2.75) is 24.7 Å². The third-order valence-electron chi connectivity index (χ3n) is 6.74. The van der Waals surface area contributed by atoms with Crippen LogP contribution in [0.25, 0.3) is 0 Å². The van der Waals surface area contributed by atoms with Gasteiger partial charge in [-0.2, -0.15) is 0 Å². The zero-order valence-corrected chi connectivity index (χ0v) is 20.0. The van der Waals surface area contributed by atoms with E-state index >= 15 is 0 Å². The first-order valence-corrected chi connectivity index (χ1v) is 11.5. The van der Waals surface area contributed by atoms with Gasteiger partial charge in [-0.1, -0.05) is 41.4 Å². The van der Waals surface area contributed by atoms with E-state index in [4.69, 9.17) is 33.7 Å². The lowest BCUT2D eigenvalue weighted by Gasteiger charge is -2.44. The van der Waals surface area contributed by atoms with E-state index in [1.54, 1.807) is 54.4 Å². The molecule has 1 spiro atoms. The summed E-state index contributed by atoms with van der Waals surface area (Å²) in [5.74, 6) is -1.45. The highest BCUT2D eigenvalue weighted by molar-refractivity contribution is 6.36. The van der Waals surface area contributed by atoms with Gasteiger partial charge in [0.1, 0.15) is 16.8 Å². The second kappa shape index (κ2) is 7.89.